The fraction of sp³-hybridized carbons (Fsp3) is 0. The molecule has 0 nitrogen and oxygen atoms in total. The first-order valence-corrected chi connectivity index (χ1v) is 3.89. The van der Waals surface area contributed by atoms with Crippen LogP contribution in [0.4, 0.5) is 0 Å². The third-order valence-electron chi connectivity index (χ3n) is 1.77. The monoisotopic (exact) mass is 330 g/mol. The van der Waals surface area contributed by atoms with Gasteiger partial charge in [0, 0.05) is 65.4 Å². The van der Waals surface area contributed by atoms with Gasteiger partial charge in [0.2, 0.25) is 0 Å². The molecule has 0 spiro atoms. The van der Waals surface area contributed by atoms with Crippen molar-refractivity contribution in [1.29, 1.82) is 0 Å². The average Bonchev–Trinajstić information content (AvgIpc) is 2.21. The molecule has 0 fully saturated rings. The molecule has 0 saturated carbocycles. The molecule has 2 rings (SSSR count). The molecule has 2 aromatic rings. The Kier molecular flexibility index (Phi) is 8.24. The van der Waals surface area contributed by atoms with E-state index in [1.807, 2.05) is 24.3 Å². The van der Waals surface area contributed by atoms with Gasteiger partial charge in [-0.25, -0.2) is 0 Å². The molecule has 0 atom stereocenters. The first kappa shape index (κ1) is 14.6. The molecular formula is C12H8Y2-2. The second kappa shape index (κ2) is 7.88. The van der Waals surface area contributed by atoms with Crippen LogP contribution in [-0.4, -0.2) is 0 Å². The van der Waals surface area contributed by atoms with Crippen LogP contribution in [0.15, 0.2) is 48.5 Å². The predicted octanol–water partition coefficient (Wildman–Crippen LogP) is 2.95. The summed E-state index contributed by atoms with van der Waals surface area (Å²) in [4.78, 5) is 0. The van der Waals surface area contributed by atoms with Gasteiger partial charge < -0.3 is 0 Å². The smallest absolute Gasteiger partial charge is 0 e. The minimum Gasteiger partial charge on any atom is -0.184 e. The number of hydrogen-bond acceptors (Lipinski definition) is 0. The van der Waals surface area contributed by atoms with Gasteiger partial charge in [0.05, 0.1) is 0 Å². The van der Waals surface area contributed by atoms with Crippen LogP contribution >= 0.6 is 0 Å². The van der Waals surface area contributed by atoms with Crippen LogP contribution in [0.5, 0.6) is 0 Å². The Hall–Kier alpha value is 0.648. The van der Waals surface area contributed by atoms with Crippen molar-refractivity contribution in [3.05, 3.63) is 60.7 Å². The van der Waals surface area contributed by atoms with Crippen LogP contribution in [0, 0.1) is 12.1 Å². The molecule has 0 unspecified atom stereocenters. The fourth-order valence-corrected chi connectivity index (χ4v) is 1.16. The van der Waals surface area contributed by atoms with Crippen molar-refractivity contribution < 1.29 is 65.4 Å². The first-order chi connectivity index (χ1) is 5.97. The van der Waals surface area contributed by atoms with E-state index in [2.05, 4.69) is 36.4 Å². The van der Waals surface area contributed by atoms with Gasteiger partial charge >= 0.3 is 0 Å². The first-order valence-electron chi connectivity index (χ1n) is 3.89. The maximum absolute atomic E-state index is 2.99. The van der Waals surface area contributed by atoms with E-state index in [0.29, 0.717) is 0 Å². The van der Waals surface area contributed by atoms with Gasteiger partial charge in [-0.3, -0.25) is 0 Å². The van der Waals surface area contributed by atoms with Crippen LogP contribution in [0.3, 0.4) is 0 Å². The van der Waals surface area contributed by atoms with Gasteiger partial charge in [-0.1, -0.05) is 0 Å². The summed E-state index contributed by atoms with van der Waals surface area (Å²) >= 11 is 0. The van der Waals surface area contributed by atoms with E-state index in [9.17, 15) is 0 Å². The summed E-state index contributed by atoms with van der Waals surface area (Å²) in [6, 6.07) is 21.9. The van der Waals surface area contributed by atoms with Crippen LogP contribution < -0.4 is 0 Å². The summed E-state index contributed by atoms with van der Waals surface area (Å²) in [6.07, 6.45) is 0. The van der Waals surface area contributed by atoms with E-state index in [1.54, 1.807) is 0 Å². The van der Waals surface area contributed by atoms with Crippen LogP contribution in [0.1, 0.15) is 0 Å². The van der Waals surface area contributed by atoms with Gasteiger partial charge in [0.15, 0.2) is 0 Å². The Morgan fingerprint density at radius 2 is 0.857 bits per heavy atom. The average molecular weight is 330 g/mol. The van der Waals surface area contributed by atoms with E-state index in [-0.39, 0.29) is 65.4 Å². The third kappa shape index (κ3) is 4.02. The van der Waals surface area contributed by atoms with Crippen molar-refractivity contribution in [1.82, 2.24) is 0 Å². The van der Waals surface area contributed by atoms with Gasteiger partial charge in [0.25, 0.3) is 0 Å². The normalized spacial score (nSPS) is 8.29. The Morgan fingerprint density at radius 3 is 1.14 bits per heavy atom. The van der Waals surface area contributed by atoms with E-state index in [1.165, 1.54) is 11.1 Å². The fourth-order valence-electron chi connectivity index (χ4n) is 1.16. The Labute approximate surface area is 135 Å². The summed E-state index contributed by atoms with van der Waals surface area (Å²) in [5, 5.41) is 0. The molecule has 0 heterocycles. The van der Waals surface area contributed by atoms with Crippen molar-refractivity contribution >= 4 is 0 Å². The molecular weight excluding hydrogens is 322 g/mol. The summed E-state index contributed by atoms with van der Waals surface area (Å²) in [5.74, 6) is 0. The minimum absolute atomic E-state index is 0. The van der Waals surface area contributed by atoms with Crippen molar-refractivity contribution in [2.45, 2.75) is 0 Å². The molecule has 0 aromatic heterocycles. The van der Waals surface area contributed by atoms with Crippen molar-refractivity contribution in [2.24, 2.45) is 0 Å². The zero-order chi connectivity index (χ0) is 8.23. The van der Waals surface area contributed by atoms with E-state index >= 15 is 0 Å². The summed E-state index contributed by atoms with van der Waals surface area (Å²) in [7, 11) is 0. The van der Waals surface area contributed by atoms with Crippen molar-refractivity contribution in [3.63, 3.8) is 0 Å². The Bertz CT molecular complexity index is 306. The molecule has 2 radical (unpaired) electrons. The minimum atomic E-state index is 0. The maximum atomic E-state index is 2.99. The zero-order valence-electron chi connectivity index (χ0n) is 7.77. The molecule has 0 N–H and O–H groups in total. The molecule has 0 aliphatic heterocycles. The third-order valence-corrected chi connectivity index (χ3v) is 1.77. The van der Waals surface area contributed by atoms with E-state index in [0.717, 1.165) is 0 Å². The molecule has 2 heteroatoms. The van der Waals surface area contributed by atoms with Crippen molar-refractivity contribution in [3.8, 4) is 11.1 Å². The van der Waals surface area contributed by atoms with Gasteiger partial charge in [-0.05, 0) is 0 Å². The van der Waals surface area contributed by atoms with Crippen LogP contribution in [-0.2, 0) is 65.4 Å². The van der Waals surface area contributed by atoms with Gasteiger partial charge in [-0.15, -0.1) is 0 Å². The Balaban J connectivity index is 0.000000845. The van der Waals surface area contributed by atoms with Gasteiger partial charge in [-0.2, -0.15) is 71.8 Å². The standard InChI is InChI=1S/C12H8.2Y/c1-3-7-11(8-4-1)12-9-5-2-6-10-12;;/h3-10H;;/q-2;;. The number of hydrogen-bond donors (Lipinski definition) is 0. The molecule has 64 valence electrons. The largest absolute Gasteiger partial charge is 0.184 e. The second-order valence-corrected chi connectivity index (χ2v) is 2.58. The number of rotatable bonds is 1. The molecule has 0 bridgehead atoms. The topological polar surface area (TPSA) is 0 Å². The summed E-state index contributed by atoms with van der Waals surface area (Å²) < 4.78 is 0. The molecule has 0 saturated heterocycles. The SMILES string of the molecule is [Y].[Y].[c-]1ccc(-c2cc[c-]cc2)cc1. The molecule has 2 aromatic carbocycles. The molecule has 0 aliphatic rings. The van der Waals surface area contributed by atoms with Crippen molar-refractivity contribution in [2.75, 3.05) is 0 Å². The second-order valence-electron chi connectivity index (χ2n) is 2.58. The maximum Gasteiger partial charge on any atom is 0 e. The molecule has 14 heavy (non-hydrogen) atoms. The molecule has 0 amide bonds. The van der Waals surface area contributed by atoms with Crippen LogP contribution in [0.2, 0.25) is 0 Å². The predicted molar refractivity (Wildman–Crippen MR) is 49.6 cm³/mol. The van der Waals surface area contributed by atoms with Gasteiger partial charge in [0.1, 0.15) is 0 Å². The summed E-state index contributed by atoms with van der Waals surface area (Å²) in [6.45, 7) is 0. The van der Waals surface area contributed by atoms with Crippen LogP contribution in [0.25, 0.3) is 11.1 Å². The van der Waals surface area contributed by atoms with E-state index < -0.39 is 0 Å². The zero-order valence-corrected chi connectivity index (χ0v) is 13.5. The molecule has 0 aliphatic carbocycles. The van der Waals surface area contributed by atoms with E-state index in [4.69, 9.17) is 0 Å². The number of benzene rings is 2. The summed E-state index contributed by atoms with van der Waals surface area (Å²) in [5.41, 5.74) is 2.45. The Morgan fingerprint density at radius 1 is 0.571 bits per heavy atom. The quantitative estimate of drug-likeness (QED) is 0.706.